The van der Waals surface area contributed by atoms with Crippen molar-refractivity contribution in [1.82, 2.24) is 10.3 Å². The smallest absolute Gasteiger partial charge is 0.251 e. The third kappa shape index (κ3) is 3.42. The summed E-state index contributed by atoms with van der Waals surface area (Å²) in [5.74, 6) is -0.0559. The average molecular weight is 374 g/mol. The number of hydrogen-bond donors (Lipinski definition) is 2. The van der Waals surface area contributed by atoms with Gasteiger partial charge in [0, 0.05) is 23.9 Å². The Morgan fingerprint density at radius 2 is 2.33 bits per heavy atom. The van der Waals surface area contributed by atoms with E-state index in [0.29, 0.717) is 18.5 Å². The lowest BCUT2D eigenvalue weighted by atomic mass is 10.2. The van der Waals surface area contributed by atoms with Crippen LogP contribution in [0.25, 0.3) is 0 Å². The summed E-state index contributed by atoms with van der Waals surface area (Å²) in [5, 5.41) is 14.3. The van der Waals surface area contributed by atoms with Gasteiger partial charge in [0.15, 0.2) is 0 Å². The number of amides is 1. The normalized spacial score (nSPS) is 10.3. The summed E-state index contributed by atoms with van der Waals surface area (Å²) in [4.78, 5) is 15.9. The molecule has 94 valence electrons. The van der Waals surface area contributed by atoms with E-state index in [4.69, 9.17) is 0 Å². The van der Waals surface area contributed by atoms with Gasteiger partial charge in [-0.1, -0.05) is 0 Å². The average Bonchev–Trinajstić information content (AvgIpc) is 2.85. The van der Waals surface area contributed by atoms with Crippen molar-refractivity contribution in [2.75, 3.05) is 6.54 Å². The number of nitrogens with one attached hydrogen (secondary N) is 1. The molecule has 0 unspecified atom stereocenters. The fourth-order valence-electron chi connectivity index (χ4n) is 1.42. The van der Waals surface area contributed by atoms with Gasteiger partial charge < -0.3 is 10.4 Å². The third-order valence-corrected chi connectivity index (χ3v) is 3.91. The standard InChI is InChI=1S/C12H11IN2O2S/c13-10-2-1-8(5-11(10)16)12(17)14-4-3-9-6-18-7-15-9/h1-2,5-7,16H,3-4H2,(H,14,17). The largest absolute Gasteiger partial charge is 0.507 e. The van der Waals surface area contributed by atoms with Crippen LogP contribution in [-0.2, 0) is 6.42 Å². The quantitative estimate of drug-likeness (QED) is 0.809. The lowest BCUT2D eigenvalue weighted by Crippen LogP contribution is -2.25. The highest BCUT2D eigenvalue weighted by Crippen LogP contribution is 2.20. The first-order chi connectivity index (χ1) is 8.66. The van der Waals surface area contributed by atoms with Crippen molar-refractivity contribution in [1.29, 1.82) is 0 Å². The molecule has 4 nitrogen and oxygen atoms in total. The highest BCUT2D eigenvalue weighted by molar-refractivity contribution is 14.1. The molecule has 0 saturated heterocycles. The Bertz CT molecular complexity index is 543. The zero-order valence-electron chi connectivity index (χ0n) is 9.39. The van der Waals surface area contributed by atoms with Gasteiger partial charge in [-0.3, -0.25) is 4.79 Å². The number of thiazole rings is 1. The van der Waals surface area contributed by atoms with Crippen LogP contribution in [0, 0.1) is 3.57 Å². The highest BCUT2D eigenvalue weighted by atomic mass is 127. The molecule has 2 rings (SSSR count). The number of aromatic hydroxyl groups is 1. The Morgan fingerprint density at radius 3 is 3.00 bits per heavy atom. The first-order valence-corrected chi connectivity index (χ1v) is 7.33. The van der Waals surface area contributed by atoms with Crippen molar-refractivity contribution in [3.05, 3.63) is 43.9 Å². The molecule has 0 saturated carbocycles. The van der Waals surface area contributed by atoms with E-state index in [1.807, 2.05) is 28.0 Å². The van der Waals surface area contributed by atoms with E-state index in [2.05, 4.69) is 10.3 Å². The predicted octanol–water partition coefficient (Wildman–Crippen LogP) is 2.43. The van der Waals surface area contributed by atoms with Gasteiger partial charge in [-0.05, 0) is 40.8 Å². The molecule has 0 radical (unpaired) electrons. The minimum atomic E-state index is -0.183. The van der Waals surface area contributed by atoms with Crippen molar-refractivity contribution < 1.29 is 9.90 Å². The van der Waals surface area contributed by atoms with Crippen molar-refractivity contribution in [3.63, 3.8) is 0 Å². The summed E-state index contributed by atoms with van der Waals surface area (Å²) in [7, 11) is 0. The van der Waals surface area contributed by atoms with Crippen LogP contribution in [0.3, 0.4) is 0 Å². The fraction of sp³-hybridized carbons (Fsp3) is 0.167. The van der Waals surface area contributed by atoms with Gasteiger partial charge in [0.25, 0.3) is 5.91 Å². The number of phenolic OH excluding ortho intramolecular Hbond substituents is 1. The summed E-state index contributed by atoms with van der Waals surface area (Å²) in [6.07, 6.45) is 0.714. The molecule has 0 aliphatic heterocycles. The molecular formula is C12H11IN2O2S. The second-order valence-electron chi connectivity index (χ2n) is 3.65. The maximum absolute atomic E-state index is 11.8. The molecule has 0 spiro atoms. The summed E-state index contributed by atoms with van der Waals surface area (Å²) < 4.78 is 0.728. The van der Waals surface area contributed by atoms with E-state index < -0.39 is 0 Å². The van der Waals surface area contributed by atoms with Crippen molar-refractivity contribution in [2.45, 2.75) is 6.42 Å². The van der Waals surface area contributed by atoms with Crippen molar-refractivity contribution >= 4 is 39.8 Å². The molecular weight excluding hydrogens is 363 g/mol. The van der Waals surface area contributed by atoms with E-state index >= 15 is 0 Å². The highest BCUT2D eigenvalue weighted by Gasteiger charge is 2.07. The van der Waals surface area contributed by atoms with Gasteiger partial charge in [0.2, 0.25) is 0 Å². The number of aromatic nitrogens is 1. The number of carbonyl (C=O) groups excluding carboxylic acids is 1. The van der Waals surface area contributed by atoms with Crippen LogP contribution in [-0.4, -0.2) is 22.5 Å². The van der Waals surface area contributed by atoms with E-state index in [-0.39, 0.29) is 11.7 Å². The molecule has 2 aromatic rings. The number of rotatable bonds is 4. The lowest BCUT2D eigenvalue weighted by Gasteiger charge is -2.05. The first kappa shape index (κ1) is 13.3. The molecule has 1 aromatic carbocycles. The number of halogens is 1. The molecule has 0 fully saturated rings. The monoisotopic (exact) mass is 374 g/mol. The third-order valence-electron chi connectivity index (χ3n) is 2.36. The van der Waals surface area contributed by atoms with Gasteiger partial charge in [-0.2, -0.15) is 0 Å². The molecule has 1 heterocycles. The van der Waals surface area contributed by atoms with Crippen molar-refractivity contribution in [2.24, 2.45) is 0 Å². The first-order valence-electron chi connectivity index (χ1n) is 5.30. The molecule has 2 N–H and O–H groups in total. The molecule has 0 aliphatic carbocycles. The number of nitrogens with zero attached hydrogens (tertiary/aromatic N) is 1. The zero-order chi connectivity index (χ0) is 13.0. The Morgan fingerprint density at radius 1 is 1.50 bits per heavy atom. The van der Waals surface area contributed by atoms with Crippen LogP contribution in [0.2, 0.25) is 0 Å². The summed E-state index contributed by atoms with van der Waals surface area (Å²) in [6, 6.07) is 4.88. The van der Waals surface area contributed by atoms with E-state index in [9.17, 15) is 9.90 Å². The molecule has 1 amide bonds. The number of carbonyl (C=O) groups is 1. The minimum absolute atomic E-state index is 0.128. The number of hydrogen-bond acceptors (Lipinski definition) is 4. The molecule has 0 aliphatic rings. The van der Waals surface area contributed by atoms with Crippen molar-refractivity contribution in [3.8, 4) is 5.75 Å². The van der Waals surface area contributed by atoms with Gasteiger partial charge in [-0.15, -0.1) is 11.3 Å². The molecule has 0 bridgehead atoms. The summed E-state index contributed by atoms with van der Waals surface area (Å²) in [6.45, 7) is 0.537. The molecule has 1 aromatic heterocycles. The Hall–Kier alpha value is -1.15. The Kier molecular flexibility index (Phi) is 4.54. The predicted molar refractivity (Wildman–Crippen MR) is 79.0 cm³/mol. The fourth-order valence-corrected chi connectivity index (χ4v) is 2.35. The van der Waals surface area contributed by atoms with Gasteiger partial charge >= 0.3 is 0 Å². The topological polar surface area (TPSA) is 62.2 Å². The molecule has 0 atom stereocenters. The zero-order valence-corrected chi connectivity index (χ0v) is 12.4. The Balaban J connectivity index is 1.89. The SMILES string of the molecule is O=C(NCCc1cscn1)c1ccc(I)c(O)c1. The van der Waals surface area contributed by atoms with Gasteiger partial charge in [0.1, 0.15) is 5.75 Å². The second kappa shape index (κ2) is 6.14. The number of benzene rings is 1. The maximum atomic E-state index is 11.8. The number of phenols is 1. The van der Waals surface area contributed by atoms with Crippen LogP contribution in [0.15, 0.2) is 29.1 Å². The van der Waals surface area contributed by atoms with E-state index in [1.165, 1.54) is 6.07 Å². The Labute approximate surface area is 122 Å². The maximum Gasteiger partial charge on any atom is 0.251 e. The van der Waals surface area contributed by atoms with E-state index in [0.717, 1.165) is 9.26 Å². The summed E-state index contributed by atoms with van der Waals surface area (Å²) in [5.41, 5.74) is 3.21. The van der Waals surface area contributed by atoms with Gasteiger partial charge in [-0.25, -0.2) is 4.98 Å². The van der Waals surface area contributed by atoms with E-state index in [1.54, 1.807) is 29.0 Å². The van der Waals surface area contributed by atoms with Crippen LogP contribution in [0.5, 0.6) is 5.75 Å². The van der Waals surface area contributed by atoms with Crippen LogP contribution in [0.4, 0.5) is 0 Å². The van der Waals surface area contributed by atoms with Crippen LogP contribution >= 0.6 is 33.9 Å². The van der Waals surface area contributed by atoms with Gasteiger partial charge in [0.05, 0.1) is 14.8 Å². The second-order valence-corrected chi connectivity index (χ2v) is 5.53. The van der Waals surface area contributed by atoms with Crippen LogP contribution < -0.4 is 5.32 Å². The summed E-state index contributed by atoms with van der Waals surface area (Å²) >= 11 is 3.55. The molecule has 18 heavy (non-hydrogen) atoms. The minimum Gasteiger partial charge on any atom is -0.507 e. The van der Waals surface area contributed by atoms with Crippen LogP contribution in [0.1, 0.15) is 16.1 Å². The molecule has 6 heteroatoms. The lowest BCUT2D eigenvalue weighted by molar-refractivity contribution is 0.0953.